The number of hydrogen-bond donors (Lipinski definition) is 0. The molecule has 2 aliphatic rings. The maximum atomic E-state index is 2.56. The molecule has 292 valence electrons. The molecule has 0 saturated heterocycles. The van der Waals surface area contributed by atoms with Crippen molar-refractivity contribution in [3.05, 3.63) is 235 Å². The smallest absolute Gasteiger partial charge is 0.0465 e. The van der Waals surface area contributed by atoms with Crippen LogP contribution in [0.2, 0.25) is 0 Å². The van der Waals surface area contributed by atoms with E-state index in [0.29, 0.717) is 0 Å². The van der Waals surface area contributed by atoms with Gasteiger partial charge in [0.15, 0.2) is 0 Å². The summed E-state index contributed by atoms with van der Waals surface area (Å²) in [5, 5.41) is 0. The zero-order chi connectivity index (χ0) is 41.3. The number of benzene rings is 9. The van der Waals surface area contributed by atoms with Crippen LogP contribution in [0.4, 0.5) is 17.1 Å². The van der Waals surface area contributed by atoms with E-state index in [1.165, 1.54) is 89.0 Å². The van der Waals surface area contributed by atoms with Gasteiger partial charge < -0.3 is 4.90 Å². The van der Waals surface area contributed by atoms with Gasteiger partial charge in [-0.3, -0.25) is 0 Å². The first-order chi connectivity index (χ1) is 29.8. The van der Waals surface area contributed by atoms with Crippen LogP contribution in [0.5, 0.6) is 0 Å². The molecule has 0 N–H and O–H groups in total. The minimum Gasteiger partial charge on any atom is -0.310 e. The zero-order valence-electron chi connectivity index (χ0n) is 35.2. The first-order valence-corrected chi connectivity index (χ1v) is 21.5. The Bertz CT molecular complexity index is 3070. The highest BCUT2D eigenvalue weighted by atomic mass is 15.1. The standard InChI is InChI=1S/C60H47N/c1-59(2)52-23-15-14-22-50(52)57-54(59)39-55-58(56(57)46-20-12-7-13-21-46)51-37-36-49(38-53(51)60(55,3)4)61(47-32-28-44(29-33-47)41-18-10-6-11-19-41)48-34-30-45(31-35-48)43-26-24-42(25-27-43)40-16-8-5-9-17-40/h5-39H,1-4H3. The number of rotatable bonds is 7. The molecular formula is C60H47N. The summed E-state index contributed by atoms with van der Waals surface area (Å²) in [5.41, 5.74) is 23.9. The normalized spacial score (nSPS) is 13.8. The summed E-state index contributed by atoms with van der Waals surface area (Å²) >= 11 is 0. The minimum absolute atomic E-state index is 0.112. The van der Waals surface area contributed by atoms with Gasteiger partial charge >= 0.3 is 0 Å². The van der Waals surface area contributed by atoms with Gasteiger partial charge in [0, 0.05) is 27.9 Å². The Hall–Kier alpha value is -7.22. The molecule has 1 nitrogen and oxygen atoms in total. The molecule has 0 saturated carbocycles. The molecule has 1 heteroatoms. The lowest BCUT2D eigenvalue weighted by Crippen LogP contribution is -2.19. The molecule has 2 aliphatic carbocycles. The maximum Gasteiger partial charge on any atom is 0.0465 e. The van der Waals surface area contributed by atoms with Gasteiger partial charge in [0.2, 0.25) is 0 Å². The average molecular weight is 782 g/mol. The Morgan fingerprint density at radius 3 is 1.11 bits per heavy atom. The third-order valence-electron chi connectivity index (χ3n) is 13.5. The van der Waals surface area contributed by atoms with Gasteiger partial charge in [-0.2, -0.15) is 0 Å². The van der Waals surface area contributed by atoms with Crippen LogP contribution < -0.4 is 4.90 Å². The van der Waals surface area contributed by atoms with Gasteiger partial charge in [0.1, 0.15) is 0 Å². The lowest BCUT2D eigenvalue weighted by atomic mass is 9.76. The summed E-state index contributed by atoms with van der Waals surface area (Å²) in [6, 6.07) is 78.2. The fraction of sp³-hybridized carbons (Fsp3) is 0.100. The lowest BCUT2D eigenvalue weighted by molar-refractivity contribution is 0.639. The highest BCUT2D eigenvalue weighted by Gasteiger charge is 2.44. The predicted octanol–water partition coefficient (Wildman–Crippen LogP) is 16.4. The van der Waals surface area contributed by atoms with E-state index in [2.05, 4.69) is 245 Å². The molecule has 11 rings (SSSR count). The third kappa shape index (κ3) is 5.99. The summed E-state index contributed by atoms with van der Waals surface area (Å²) in [5.74, 6) is 0. The highest BCUT2D eigenvalue weighted by Crippen LogP contribution is 2.61. The van der Waals surface area contributed by atoms with Crippen molar-refractivity contribution in [3.63, 3.8) is 0 Å². The first kappa shape index (κ1) is 36.8. The second-order valence-corrected chi connectivity index (χ2v) is 17.7. The Kier molecular flexibility index (Phi) is 8.58. The Morgan fingerprint density at radius 1 is 0.262 bits per heavy atom. The van der Waals surface area contributed by atoms with Crippen molar-refractivity contribution in [2.45, 2.75) is 38.5 Å². The minimum atomic E-state index is -0.233. The molecule has 0 aromatic heterocycles. The third-order valence-corrected chi connectivity index (χ3v) is 13.5. The van der Waals surface area contributed by atoms with Crippen LogP contribution in [0.1, 0.15) is 49.9 Å². The van der Waals surface area contributed by atoms with Gasteiger partial charge in [0.05, 0.1) is 0 Å². The molecule has 0 spiro atoms. The first-order valence-electron chi connectivity index (χ1n) is 21.5. The predicted molar refractivity (Wildman–Crippen MR) is 258 cm³/mol. The molecule has 0 radical (unpaired) electrons. The quantitative estimate of drug-likeness (QED) is 0.156. The van der Waals surface area contributed by atoms with Gasteiger partial charge in [0.25, 0.3) is 0 Å². The summed E-state index contributed by atoms with van der Waals surface area (Å²) < 4.78 is 0. The van der Waals surface area contributed by atoms with Crippen molar-refractivity contribution in [1.29, 1.82) is 0 Å². The molecule has 9 aromatic carbocycles. The second-order valence-electron chi connectivity index (χ2n) is 17.7. The van der Waals surface area contributed by atoms with E-state index in [-0.39, 0.29) is 10.8 Å². The fourth-order valence-corrected chi connectivity index (χ4v) is 10.2. The number of hydrogen-bond acceptors (Lipinski definition) is 1. The summed E-state index contributed by atoms with van der Waals surface area (Å²) in [4.78, 5) is 2.42. The fourth-order valence-electron chi connectivity index (χ4n) is 10.2. The Morgan fingerprint density at radius 2 is 0.623 bits per heavy atom. The molecule has 0 fully saturated rings. The molecule has 0 aliphatic heterocycles. The average Bonchev–Trinajstić information content (AvgIpc) is 3.69. The van der Waals surface area contributed by atoms with Crippen LogP contribution in [0.15, 0.2) is 212 Å². The summed E-state index contributed by atoms with van der Waals surface area (Å²) in [6.07, 6.45) is 0. The molecule has 0 amide bonds. The molecule has 0 unspecified atom stereocenters. The number of nitrogens with zero attached hydrogens (tertiary/aromatic N) is 1. The Labute approximate surface area is 360 Å². The molecule has 0 atom stereocenters. The second kappa shape index (κ2) is 14.2. The monoisotopic (exact) mass is 781 g/mol. The molecule has 0 heterocycles. The molecular weight excluding hydrogens is 735 g/mol. The van der Waals surface area contributed by atoms with Crippen molar-refractivity contribution in [3.8, 4) is 66.8 Å². The SMILES string of the molecule is CC1(C)c2ccccc2-c2c1cc1c(c2-c2ccccc2)-c2ccc(N(c3ccc(-c4ccccc4)cc3)c3ccc(-c4ccc(-c5ccccc5)cc4)cc3)cc2C1(C)C. The lowest BCUT2D eigenvalue weighted by Gasteiger charge is -2.29. The zero-order valence-corrected chi connectivity index (χ0v) is 35.2. The van der Waals surface area contributed by atoms with Crippen molar-refractivity contribution in [2.75, 3.05) is 4.90 Å². The van der Waals surface area contributed by atoms with E-state index in [1.807, 2.05) is 0 Å². The Balaban J connectivity index is 1.05. The largest absolute Gasteiger partial charge is 0.310 e. The van der Waals surface area contributed by atoms with Crippen LogP contribution in [-0.2, 0) is 10.8 Å². The summed E-state index contributed by atoms with van der Waals surface area (Å²) in [6.45, 7) is 9.65. The van der Waals surface area contributed by atoms with Gasteiger partial charge in [-0.05, 0) is 125 Å². The van der Waals surface area contributed by atoms with Crippen LogP contribution in [0, 0.1) is 0 Å². The van der Waals surface area contributed by atoms with E-state index in [0.717, 1.165) is 17.1 Å². The number of fused-ring (bicyclic) bond motifs is 6. The van der Waals surface area contributed by atoms with Crippen molar-refractivity contribution >= 4 is 17.1 Å². The van der Waals surface area contributed by atoms with Crippen LogP contribution >= 0.6 is 0 Å². The van der Waals surface area contributed by atoms with E-state index in [1.54, 1.807) is 0 Å². The van der Waals surface area contributed by atoms with E-state index in [4.69, 9.17) is 0 Å². The number of anilines is 3. The van der Waals surface area contributed by atoms with E-state index in [9.17, 15) is 0 Å². The highest BCUT2D eigenvalue weighted by molar-refractivity contribution is 6.04. The van der Waals surface area contributed by atoms with E-state index < -0.39 is 0 Å². The van der Waals surface area contributed by atoms with Crippen molar-refractivity contribution < 1.29 is 0 Å². The maximum absolute atomic E-state index is 2.56. The molecule has 61 heavy (non-hydrogen) atoms. The van der Waals surface area contributed by atoms with Crippen LogP contribution in [0.3, 0.4) is 0 Å². The van der Waals surface area contributed by atoms with Crippen LogP contribution in [0.25, 0.3) is 66.8 Å². The summed E-state index contributed by atoms with van der Waals surface area (Å²) in [7, 11) is 0. The van der Waals surface area contributed by atoms with Crippen LogP contribution in [-0.4, -0.2) is 0 Å². The molecule has 9 aromatic rings. The van der Waals surface area contributed by atoms with Gasteiger partial charge in [-0.15, -0.1) is 0 Å². The van der Waals surface area contributed by atoms with E-state index >= 15 is 0 Å². The van der Waals surface area contributed by atoms with Gasteiger partial charge in [-0.25, -0.2) is 0 Å². The molecule has 0 bridgehead atoms. The van der Waals surface area contributed by atoms with Gasteiger partial charge in [-0.1, -0.05) is 204 Å². The van der Waals surface area contributed by atoms with Crippen molar-refractivity contribution in [1.82, 2.24) is 0 Å². The topological polar surface area (TPSA) is 3.24 Å². The van der Waals surface area contributed by atoms with Crippen molar-refractivity contribution in [2.24, 2.45) is 0 Å².